The normalized spacial score (nSPS) is 14.9. The number of nitrogens with zero attached hydrogens (tertiary/aromatic N) is 3. The third kappa shape index (κ3) is 4.52. The summed E-state index contributed by atoms with van der Waals surface area (Å²) in [4.78, 5) is 19.2. The molecule has 0 radical (unpaired) electrons. The molecule has 150 valence electrons. The van der Waals surface area contributed by atoms with E-state index in [1.165, 1.54) is 26.2 Å². The molecule has 1 fully saturated rings. The molecular weight excluding hydrogens is 448 g/mol. The molecule has 0 spiro atoms. The van der Waals surface area contributed by atoms with Crippen LogP contribution in [0.2, 0.25) is 0 Å². The first-order valence-electron chi connectivity index (χ1n) is 8.61. The Morgan fingerprint density at radius 1 is 1.21 bits per heavy atom. The van der Waals surface area contributed by atoms with Gasteiger partial charge in [-0.25, -0.2) is 17.7 Å². The van der Waals surface area contributed by atoms with Gasteiger partial charge in [-0.2, -0.15) is 0 Å². The molecule has 2 aromatic rings. The molecule has 0 saturated carbocycles. The molecule has 28 heavy (non-hydrogen) atoms. The number of aromatic nitrogens is 1. The van der Waals surface area contributed by atoms with E-state index in [9.17, 15) is 13.2 Å². The summed E-state index contributed by atoms with van der Waals surface area (Å²) < 4.78 is 32.4. The lowest BCUT2D eigenvalue weighted by atomic mass is 10.1. The van der Waals surface area contributed by atoms with Crippen LogP contribution in [0.1, 0.15) is 10.4 Å². The molecule has 1 aromatic heterocycles. The van der Waals surface area contributed by atoms with E-state index in [1.54, 1.807) is 24.4 Å². The summed E-state index contributed by atoms with van der Waals surface area (Å²) in [5, 5.41) is 2.74. The summed E-state index contributed by atoms with van der Waals surface area (Å²) in [7, 11) is -0.760. The van der Waals surface area contributed by atoms with E-state index in [0.717, 1.165) is 8.78 Å². The van der Waals surface area contributed by atoms with Crippen molar-refractivity contribution < 1.29 is 17.9 Å². The SMILES string of the molecule is CN(C)S(=O)(=O)c1ccc(N2CCOCC2)c(C(=O)Nc2ccc(Br)cn2)c1. The highest BCUT2D eigenvalue weighted by molar-refractivity contribution is 9.10. The molecule has 1 N–H and O–H groups in total. The molecule has 1 aliphatic heterocycles. The standard InChI is InChI=1S/C18H21BrN4O4S/c1-22(2)28(25,26)14-4-5-16(23-7-9-27-10-8-23)15(11-14)18(24)21-17-6-3-13(19)12-20-17/h3-6,11-12H,7-10H2,1-2H3,(H,20,21,24). The van der Waals surface area contributed by atoms with Crippen molar-refractivity contribution in [1.29, 1.82) is 0 Å². The number of morpholine rings is 1. The number of carbonyl (C=O) groups excluding carboxylic acids is 1. The molecule has 1 aromatic carbocycles. The predicted octanol–water partition coefficient (Wildman–Crippen LogP) is 2.18. The number of hydrogen-bond donors (Lipinski definition) is 1. The number of ether oxygens (including phenoxy) is 1. The Kier molecular flexibility index (Phi) is 6.33. The van der Waals surface area contributed by atoms with Crippen molar-refractivity contribution in [2.24, 2.45) is 0 Å². The van der Waals surface area contributed by atoms with Gasteiger partial charge in [0.1, 0.15) is 5.82 Å². The Morgan fingerprint density at radius 3 is 2.54 bits per heavy atom. The van der Waals surface area contributed by atoms with Crippen molar-refractivity contribution in [3.8, 4) is 0 Å². The van der Waals surface area contributed by atoms with Gasteiger partial charge in [-0.3, -0.25) is 4.79 Å². The third-order valence-corrected chi connectivity index (χ3v) is 6.59. The maximum absolute atomic E-state index is 13.0. The van der Waals surface area contributed by atoms with Crippen molar-refractivity contribution in [2.45, 2.75) is 4.90 Å². The minimum absolute atomic E-state index is 0.0587. The molecule has 10 heteroatoms. The van der Waals surface area contributed by atoms with Crippen LogP contribution in [0.25, 0.3) is 0 Å². The fraction of sp³-hybridized carbons (Fsp3) is 0.333. The van der Waals surface area contributed by atoms with Crippen molar-refractivity contribution in [1.82, 2.24) is 9.29 Å². The minimum Gasteiger partial charge on any atom is -0.378 e. The third-order valence-electron chi connectivity index (χ3n) is 4.31. The van der Waals surface area contributed by atoms with E-state index in [2.05, 4.69) is 26.2 Å². The molecule has 0 bridgehead atoms. The van der Waals surface area contributed by atoms with Crippen LogP contribution < -0.4 is 10.2 Å². The molecular formula is C18H21BrN4O4S. The van der Waals surface area contributed by atoms with E-state index >= 15 is 0 Å². The van der Waals surface area contributed by atoms with Gasteiger partial charge in [0.15, 0.2) is 0 Å². The molecule has 1 amide bonds. The van der Waals surface area contributed by atoms with Gasteiger partial charge in [0.25, 0.3) is 5.91 Å². The van der Waals surface area contributed by atoms with Crippen LogP contribution in [0.5, 0.6) is 0 Å². The largest absolute Gasteiger partial charge is 0.378 e. The average Bonchev–Trinajstić information content (AvgIpc) is 2.69. The maximum Gasteiger partial charge on any atom is 0.258 e. The van der Waals surface area contributed by atoms with E-state index in [4.69, 9.17) is 4.74 Å². The highest BCUT2D eigenvalue weighted by Gasteiger charge is 2.24. The number of sulfonamides is 1. The average molecular weight is 469 g/mol. The fourth-order valence-corrected chi connectivity index (χ4v) is 3.94. The Hall–Kier alpha value is -2.01. The van der Waals surface area contributed by atoms with Gasteiger partial charge in [-0.15, -0.1) is 0 Å². The van der Waals surface area contributed by atoms with Gasteiger partial charge in [0.05, 0.1) is 23.7 Å². The van der Waals surface area contributed by atoms with Crippen LogP contribution in [0.3, 0.4) is 0 Å². The van der Waals surface area contributed by atoms with E-state index in [-0.39, 0.29) is 10.5 Å². The molecule has 3 rings (SSSR count). The van der Waals surface area contributed by atoms with E-state index in [0.29, 0.717) is 37.8 Å². The Balaban J connectivity index is 2.00. The number of pyridine rings is 1. The van der Waals surface area contributed by atoms with Gasteiger partial charge in [-0.1, -0.05) is 0 Å². The first-order chi connectivity index (χ1) is 13.3. The number of hydrogen-bond acceptors (Lipinski definition) is 6. The second-order valence-corrected chi connectivity index (χ2v) is 9.45. The first-order valence-corrected chi connectivity index (χ1v) is 10.8. The first kappa shape index (κ1) is 20.7. The summed E-state index contributed by atoms with van der Waals surface area (Å²) in [5.41, 5.74) is 0.935. The van der Waals surface area contributed by atoms with Gasteiger partial charge < -0.3 is 15.0 Å². The number of anilines is 2. The molecule has 1 aliphatic rings. The fourth-order valence-electron chi connectivity index (χ4n) is 2.78. The Bertz CT molecular complexity index is 958. The molecule has 1 saturated heterocycles. The number of nitrogens with one attached hydrogen (secondary N) is 1. The number of benzene rings is 1. The highest BCUT2D eigenvalue weighted by Crippen LogP contribution is 2.27. The summed E-state index contributed by atoms with van der Waals surface area (Å²) in [6.07, 6.45) is 1.57. The lowest BCUT2D eigenvalue weighted by Gasteiger charge is -2.30. The van der Waals surface area contributed by atoms with Crippen LogP contribution in [0.15, 0.2) is 45.9 Å². The van der Waals surface area contributed by atoms with Gasteiger partial charge in [0, 0.05) is 43.5 Å². The zero-order valence-electron chi connectivity index (χ0n) is 15.6. The van der Waals surface area contributed by atoms with Crippen molar-refractivity contribution in [3.05, 3.63) is 46.6 Å². The van der Waals surface area contributed by atoms with Gasteiger partial charge in [-0.05, 0) is 46.3 Å². The zero-order chi connectivity index (χ0) is 20.3. The Morgan fingerprint density at radius 2 is 1.93 bits per heavy atom. The summed E-state index contributed by atoms with van der Waals surface area (Å²) in [5.74, 6) is -0.0471. The Labute approximate surface area is 172 Å². The van der Waals surface area contributed by atoms with Crippen molar-refractivity contribution >= 4 is 43.4 Å². The van der Waals surface area contributed by atoms with E-state index in [1.807, 2.05) is 4.90 Å². The van der Waals surface area contributed by atoms with Gasteiger partial charge in [0.2, 0.25) is 10.0 Å². The lowest BCUT2D eigenvalue weighted by Crippen LogP contribution is -2.37. The second kappa shape index (κ2) is 8.56. The zero-order valence-corrected chi connectivity index (χ0v) is 18.0. The monoisotopic (exact) mass is 468 g/mol. The van der Waals surface area contributed by atoms with Crippen LogP contribution in [0, 0.1) is 0 Å². The second-order valence-electron chi connectivity index (χ2n) is 6.38. The number of amides is 1. The number of halogens is 1. The van der Waals surface area contributed by atoms with Crippen LogP contribution in [-0.4, -0.2) is 64.0 Å². The summed E-state index contributed by atoms with van der Waals surface area (Å²) >= 11 is 3.30. The van der Waals surface area contributed by atoms with Crippen LogP contribution >= 0.6 is 15.9 Å². The van der Waals surface area contributed by atoms with Gasteiger partial charge >= 0.3 is 0 Å². The molecule has 2 heterocycles. The topological polar surface area (TPSA) is 91.8 Å². The lowest BCUT2D eigenvalue weighted by molar-refractivity contribution is 0.102. The van der Waals surface area contributed by atoms with Crippen LogP contribution in [0.4, 0.5) is 11.5 Å². The molecule has 0 aliphatic carbocycles. The number of rotatable bonds is 5. The summed E-state index contributed by atoms with van der Waals surface area (Å²) in [6, 6.07) is 8.03. The van der Waals surface area contributed by atoms with Crippen molar-refractivity contribution in [3.63, 3.8) is 0 Å². The predicted molar refractivity (Wildman–Crippen MR) is 110 cm³/mol. The maximum atomic E-state index is 13.0. The minimum atomic E-state index is -3.67. The molecule has 0 atom stereocenters. The summed E-state index contributed by atoms with van der Waals surface area (Å²) in [6.45, 7) is 2.34. The smallest absolute Gasteiger partial charge is 0.258 e. The highest BCUT2D eigenvalue weighted by atomic mass is 79.9. The van der Waals surface area contributed by atoms with Crippen molar-refractivity contribution in [2.75, 3.05) is 50.6 Å². The number of carbonyl (C=O) groups is 1. The molecule has 8 nitrogen and oxygen atoms in total. The van der Waals surface area contributed by atoms with E-state index < -0.39 is 15.9 Å². The van der Waals surface area contributed by atoms with Crippen LogP contribution in [-0.2, 0) is 14.8 Å². The quantitative estimate of drug-likeness (QED) is 0.722. The molecule has 0 unspecified atom stereocenters.